The van der Waals surface area contributed by atoms with Crippen molar-refractivity contribution in [2.24, 2.45) is 17.3 Å². The fourth-order valence-electron chi connectivity index (χ4n) is 4.31. The zero-order chi connectivity index (χ0) is 12.8. The smallest absolute Gasteiger partial charge is 0.00939 e. The predicted octanol–water partition coefficient (Wildman–Crippen LogP) is 5.05. The van der Waals surface area contributed by atoms with Crippen LogP contribution < -0.4 is 0 Å². The van der Waals surface area contributed by atoms with Gasteiger partial charge in [0.1, 0.15) is 0 Å². The minimum absolute atomic E-state index is 0.560. The average molecular weight is 307 g/mol. The molecule has 1 heteroatoms. The minimum Gasteiger partial charge on any atom is -0.0922 e. The molecule has 0 heterocycles. The van der Waals surface area contributed by atoms with Gasteiger partial charge in [-0.3, -0.25) is 0 Å². The fraction of sp³-hybridized carbons (Fsp3) is 0.647. The molecule has 3 unspecified atom stereocenters. The summed E-state index contributed by atoms with van der Waals surface area (Å²) >= 11 is 3.83. The Labute approximate surface area is 119 Å². The highest BCUT2D eigenvalue weighted by Gasteiger charge is 2.49. The lowest BCUT2D eigenvalue weighted by atomic mass is 9.71. The van der Waals surface area contributed by atoms with E-state index in [0.717, 1.165) is 11.8 Å². The van der Waals surface area contributed by atoms with Gasteiger partial charge in [0.15, 0.2) is 0 Å². The molecule has 3 rings (SSSR count). The van der Waals surface area contributed by atoms with Crippen molar-refractivity contribution >= 4 is 15.9 Å². The predicted molar refractivity (Wildman–Crippen MR) is 81.3 cm³/mol. The first-order valence-electron chi connectivity index (χ1n) is 7.25. The molecule has 0 saturated heterocycles. The Bertz CT molecular complexity index is 451. The van der Waals surface area contributed by atoms with Crippen molar-refractivity contribution in [3.63, 3.8) is 0 Å². The molecule has 2 saturated carbocycles. The molecule has 0 spiro atoms. The molecular formula is C17H23Br. The van der Waals surface area contributed by atoms with Crippen LogP contribution in [0.3, 0.4) is 0 Å². The molecule has 2 aliphatic rings. The van der Waals surface area contributed by atoms with Crippen molar-refractivity contribution in [1.82, 2.24) is 0 Å². The highest BCUT2D eigenvalue weighted by atomic mass is 79.9. The lowest BCUT2D eigenvalue weighted by molar-refractivity contribution is 0.197. The molecule has 98 valence electrons. The van der Waals surface area contributed by atoms with Gasteiger partial charge in [0.05, 0.1) is 0 Å². The number of hydrogen-bond donors (Lipinski definition) is 0. The topological polar surface area (TPSA) is 0 Å². The Morgan fingerprint density at radius 1 is 1.22 bits per heavy atom. The van der Waals surface area contributed by atoms with Gasteiger partial charge in [0.25, 0.3) is 0 Å². The standard InChI is InChI=1S/C17H23Br/c1-12-3-4-14(7-13(12)2)9-17(11-18)10-15-5-6-16(17)8-15/h3-4,7,15-16H,5-6,8-11H2,1-2H3. The second-order valence-corrected chi connectivity index (χ2v) is 7.23. The van der Waals surface area contributed by atoms with E-state index in [1.54, 1.807) is 5.56 Å². The molecule has 0 amide bonds. The maximum atomic E-state index is 3.83. The van der Waals surface area contributed by atoms with Crippen LogP contribution in [0.2, 0.25) is 0 Å². The zero-order valence-electron chi connectivity index (χ0n) is 11.5. The first kappa shape index (κ1) is 12.7. The van der Waals surface area contributed by atoms with Crippen LogP contribution in [0.5, 0.6) is 0 Å². The Morgan fingerprint density at radius 2 is 2.06 bits per heavy atom. The summed E-state index contributed by atoms with van der Waals surface area (Å²) in [6, 6.07) is 7.05. The van der Waals surface area contributed by atoms with E-state index in [9.17, 15) is 0 Å². The molecule has 2 fully saturated rings. The van der Waals surface area contributed by atoms with Gasteiger partial charge in [0, 0.05) is 5.33 Å². The van der Waals surface area contributed by atoms with Gasteiger partial charge in [0.2, 0.25) is 0 Å². The second-order valence-electron chi connectivity index (χ2n) is 6.67. The summed E-state index contributed by atoms with van der Waals surface area (Å²) in [7, 11) is 0. The van der Waals surface area contributed by atoms with E-state index >= 15 is 0 Å². The van der Waals surface area contributed by atoms with Crippen LogP contribution in [0.1, 0.15) is 42.4 Å². The van der Waals surface area contributed by atoms with Crippen LogP contribution in [0, 0.1) is 31.1 Å². The van der Waals surface area contributed by atoms with E-state index in [1.165, 1.54) is 48.6 Å². The van der Waals surface area contributed by atoms with E-state index in [-0.39, 0.29) is 0 Å². The molecule has 0 N–H and O–H groups in total. The lowest BCUT2D eigenvalue weighted by Gasteiger charge is -2.36. The van der Waals surface area contributed by atoms with Crippen molar-refractivity contribution in [3.05, 3.63) is 34.9 Å². The van der Waals surface area contributed by atoms with Crippen LogP contribution >= 0.6 is 15.9 Å². The molecule has 0 aliphatic heterocycles. The monoisotopic (exact) mass is 306 g/mol. The van der Waals surface area contributed by atoms with E-state index in [4.69, 9.17) is 0 Å². The highest BCUT2D eigenvalue weighted by Crippen LogP contribution is 2.58. The van der Waals surface area contributed by atoms with Gasteiger partial charge in [-0.15, -0.1) is 0 Å². The number of fused-ring (bicyclic) bond motifs is 2. The maximum absolute atomic E-state index is 3.83. The van der Waals surface area contributed by atoms with Crippen molar-refractivity contribution in [1.29, 1.82) is 0 Å². The van der Waals surface area contributed by atoms with Gasteiger partial charge in [-0.05, 0) is 73.5 Å². The zero-order valence-corrected chi connectivity index (χ0v) is 13.1. The van der Waals surface area contributed by atoms with Crippen molar-refractivity contribution < 1.29 is 0 Å². The number of benzene rings is 1. The maximum Gasteiger partial charge on any atom is 0.00939 e. The summed E-state index contributed by atoms with van der Waals surface area (Å²) in [6.07, 6.45) is 7.19. The molecule has 18 heavy (non-hydrogen) atoms. The minimum atomic E-state index is 0.560. The van der Waals surface area contributed by atoms with E-state index < -0.39 is 0 Å². The van der Waals surface area contributed by atoms with Crippen LogP contribution in [0.15, 0.2) is 18.2 Å². The summed E-state index contributed by atoms with van der Waals surface area (Å²) in [5.74, 6) is 2.00. The SMILES string of the molecule is Cc1ccc(CC2(CBr)CC3CCC2C3)cc1C. The molecular weight excluding hydrogens is 284 g/mol. The van der Waals surface area contributed by atoms with E-state index in [0.29, 0.717) is 5.41 Å². The Balaban J connectivity index is 1.84. The summed E-state index contributed by atoms with van der Waals surface area (Å²) in [4.78, 5) is 0. The van der Waals surface area contributed by atoms with Gasteiger partial charge in [-0.2, -0.15) is 0 Å². The normalized spacial score (nSPS) is 34.2. The van der Waals surface area contributed by atoms with Gasteiger partial charge in [-0.1, -0.05) is 40.5 Å². The lowest BCUT2D eigenvalue weighted by Crippen LogP contribution is -2.32. The molecule has 1 aromatic carbocycles. The molecule has 1 aromatic rings. The van der Waals surface area contributed by atoms with Crippen molar-refractivity contribution in [3.8, 4) is 0 Å². The summed E-state index contributed by atoms with van der Waals surface area (Å²) in [5, 5.41) is 1.19. The highest BCUT2D eigenvalue weighted by molar-refractivity contribution is 9.09. The number of hydrogen-bond acceptors (Lipinski definition) is 0. The average Bonchev–Trinajstić information content (AvgIpc) is 2.94. The van der Waals surface area contributed by atoms with Crippen LogP contribution in [0.4, 0.5) is 0 Å². The number of aryl methyl sites for hydroxylation is 2. The van der Waals surface area contributed by atoms with Gasteiger partial charge < -0.3 is 0 Å². The molecule has 2 bridgehead atoms. The number of rotatable bonds is 3. The Morgan fingerprint density at radius 3 is 2.61 bits per heavy atom. The van der Waals surface area contributed by atoms with E-state index in [1.807, 2.05) is 0 Å². The van der Waals surface area contributed by atoms with Crippen molar-refractivity contribution in [2.45, 2.75) is 46.0 Å². The second kappa shape index (κ2) is 4.67. The Kier molecular flexibility index (Phi) is 3.30. The first-order chi connectivity index (χ1) is 8.63. The molecule has 0 aromatic heterocycles. The van der Waals surface area contributed by atoms with Crippen LogP contribution in [-0.2, 0) is 6.42 Å². The third-order valence-electron chi connectivity index (χ3n) is 5.50. The first-order valence-corrected chi connectivity index (χ1v) is 8.37. The third kappa shape index (κ3) is 2.05. The largest absolute Gasteiger partial charge is 0.0922 e. The van der Waals surface area contributed by atoms with Crippen molar-refractivity contribution in [2.75, 3.05) is 5.33 Å². The summed E-state index contributed by atoms with van der Waals surface area (Å²) in [6.45, 7) is 4.44. The molecule has 3 atom stereocenters. The van der Waals surface area contributed by atoms with E-state index in [2.05, 4.69) is 48.0 Å². The Hall–Kier alpha value is -0.300. The molecule has 0 radical (unpaired) electrons. The fourth-order valence-corrected chi connectivity index (χ4v) is 5.19. The van der Waals surface area contributed by atoms with Gasteiger partial charge >= 0.3 is 0 Å². The van der Waals surface area contributed by atoms with Crippen LogP contribution in [0.25, 0.3) is 0 Å². The summed E-state index contributed by atoms with van der Waals surface area (Å²) in [5.41, 5.74) is 4.97. The third-order valence-corrected chi connectivity index (χ3v) is 6.61. The molecule has 0 nitrogen and oxygen atoms in total. The van der Waals surface area contributed by atoms with Gasteiger partial charge in [-0.25, -0.2) is 0 Å². The number of halogens is 1. The number of alkyl halides is 1. The summed E-state index contributed by atoms with van der Waals surface area (Å²) < 4.78 is 0. The van der Waals surface area contributed by atoms with Crippen LogP contribution in [-0.4, -0.2) is 5.33 Å². The molecule has 2 aliphatic carbocycles. The quantitative estimate of drug-likeness (QED) is 0.686.